The summed E-state index contributed by atoms with van der Waals surface area (Å²) in [6.45, 7) is 6.76. The third kappa shape index (κ3) is 3.28. The predicted molar refractivity (Wildman–Crippen MR) is 78.5 cm³/mol. The number of aromatic nitrogens is 3. The maximum absolute atomic E-state index is 8.82. The van der Waals surface area contributed by atoms with Crippen LogP contribution in [0, 0.1) is 11.3 Å². The van der Waals surface area contributed by atoms with Crippen molar-refractivity contribution < 1.29 is 0 Å². The molecule has 0 bridgehead atoms. The van der Waals surface area contributed by atoms with E-state index in [1.807, 2.05) is 23.0 Å². The number of anilines is 1. The Bertz CT molecular complexity index is 648. The number of hydrogen-bond donors (Lipinski definition) is 1. The molecule has 0 atom stereocenters. The highest BCUT2D eigenvalue weighted by Crippen LogP contribution is 2.20. The third-order valence-electron chi connectivity index (χ3n) is 2.79. The van der Waals surface area contributed by atoms with Crippen LogP contribution < -0.4 is 5.32 Å². The van der Waals surface area contributed by atoms with Crippen LogP contribution in [0.25, 0.3) is 0 Å². The third-order valence-corrected chi connectivity index (χ3v) is 3.10. The second kappa shape index (κ2) is 5.51. The molecule has 0 unspecified atom stereocenters. The second-order valence-corrected chi connectivity index (χ2v) is 5.89. The zero-order chi connectivity index (χ0) is 14.8. The van der Waals surface area contributed by atoms with Gasteiger partial charge in [-0.2, -0.15) is 5.26 Å². The molecule has 0 aliphatic rings. The molecule has 0 aliphatic heterocycles. The molecule has 104 valence electrons. The largest absolute Gasteiger partial charge is 0.379 e. The van der Waals surface area contributed by atoms with E-state index < -0.39 is 0 Å². The first-order chi connectivity index (χ1) is 9.40. The van der Waals surface area contributed by atoms with Crippen LogP contribution in [0.4, 0.5) is 5.69 Å². The van der Waals surface area contributed by atoms with Crippen molar-refractivity contribution in [1.82, 2.24) is 15.0 Å². The van der Waals surface area contributed by atoms with Crippen molar-refractivity contribution in [2.45, 2.75) is 32.9 Å². The molecule has 0 spiro atoms. The molecule has 1 aromatic carbocycles. The number of benzene rings is 1. The molecule has 1 aromatic heterocycles. The average Bonchev–Trinajstić information content (AvgIpc) is 2.85. The van der Waals surface area contributed by atoms with Gasteiger partial charge in [0.2, 0.25) is 0 Å². The van der Waals surface area contributed by atoms with Gasteiger partial charge in [-0.05, 0) is 39.0 Å². The van der Waals surface area contributed by atoms with Crippen LogP contribution in [0.15, 0.2) is 24.4 Å². The lowest BCUT2D eigenvalue weighted by molar-refractivity contribution is 0.347. The number of hydrogen-bond acceptors (Lipinski definition) is 4. The maximum Gasteiger partial charge on any atom is 0.102 e. The molecule has 20 heavy (non-hydrogen) atoms. The lowest BCUT2D eigenvalue weighted by Crippen LogP contribution is -2.22. The number of nitriles is 1. The summed E-state index contributed by atoms with van der Waals surface area (Å²) >= 11 is 5.98. The van der Waals surface area contributed by atoms with E-state index in [0.29, 0.717) is 17.1 Å². The second-order valence-electron chi connectivity index (χ2n) is 5.49. The summed E-state index contributed by atoms with van der Waals surface area (Å²) in [6, 6.07) is 7.27. The fourth-order valence-corrected chi connectivity index (χ4v) is 1.84. The molecule has 1 heterocycles. The van der Waals surface area contributed by atoms with Gasteiger partial charge in [0, 0.05) is 5.69 Å². The standard InChI is InChI=1S/C14H16ClN5/c1-14(2,3)20-9-12(18-19-20)8-17-11-5-4-10(7-16)13(15)6-11/h4-6,9,17H,8H2,1-3H3. The highest BCUT2D eigenvalue weighted by molar-refractivity contribution is 6.32. The Morgan fingerprint density at radius 3 is 2.70 bits per heavy atom. The van der Waals surface area contributed by atoms with Gasteiger partial charge in [-0.15, -0.1) is 5.10 Å². The van der Waals surface area contributed by atoms with E-state index in [1.54, 1.807) is 12.1 Å². The normalized spacial score (nSPS) is 11.2. The summed E-state index contributed by atoms with van der Waals surface area (Å²) in [6.07, 6.45) is 1.91. The average molecular weight is 290 g/mol. The summed E-state index contributed by atoms with van der Waals surface area (Å²) in [5, 5.41) is 20.7. The van der Waals surface area contributed by atoms with Crippen molar-refractivity contribution in [2.24, 2.45) is 0 Å². The quantitative estimate of drug-likeness (QED) is 0.942. The minimum Gasteiger partial charge on any atom is -0.379 e. The van der Waals surface area contributed by atoms with Crippen LogP contribution in [0.2, 0.25) is 5.02 Å². The topological polar surface area (TPSA) is 66.5 Å². The number of nitrogens with zero attached hydrogens (tertiary/aromatic N) is 4. The van der Waals surface area contributed by atoms with Gasteiger partial charge in [-0.3, -0.25) is 0 Å². The van der Waals surface area contributed by atoms with Gasteiger partial charge >= 0.3 is 0 Å². The number of nitrogens with one attached hydrogen (secondary N) is 1. The molecular formula is C14H16ClN5. The van der Waals surface area contributed by atoms with Crippen molar-refractivity contribution >= 4 is 17.3 Å². The van der Waals surface area contributed by atoms with Crippen LogP contribution in [-0.2, 0) is 12.1 Å². The fraction of sp³-hybridized carbons (Fsp3) is 0.357. The predicted octanol–water partition coefficient (Wildman–Crippen LogP) is 3.17. The lowest BCUT2D eigenvalue weighted by Gasteiger charge is -2.17. The molecule has 2 rings (SSSR count). The Labute approximate surface area is 123 Å². The maximum atomic E-state index is 8.82. The van der Waals surface area contributed by atoms with Crippen molar-refractivity contribution in [1.29, 1.82) is 5.26 Å². The highest BCUT2D eigenvalue weighted by Gasteiger charge is 2.14. The minimum atomic E-state index is -0.0804. The van der Waals surface area contributed by atoms with Gasteiger partial charge in [0.1, 0.15) is 11.8 Å². The Kier molecular flexibility index (Phi) is 3.96. The summed E-state index contributed by atoms with van der Waals surface area (Å²) in [7, 11) is 0. The van der Waals surface area contributed by atoms with Crippen molar-refractivity contribution in [3.63, 3.8) is 0 Å². The molecule has 5 nitrogen and oxygen atoms in total. The van der Waals surface area contributed by atoms with E-state index in [9.17, 15) is 0 Å². The molecular weight excluding hydrogens is 274 g/mol. The van der Waals surface area contributed by atoms with Gasteiger partial charge in [-0.1, -0.05) is 16.8 Å². The van der Waals surface area contributed by atoms with Crippen LogP contribution in [0.5, 0.6) is 0 Å². The first kappa shape index (κ1) is 14.4. The smallest absolute Gasteiger partial charge is 0.102 e. The first-order valence-corrected chi connectivity index (χ1v) is 6.63. The molecule has 0 saturated heterocycles. The SMILES string of the molecule is CC(C)(C)n1cc(CNc2ccc(C#N)c(Cl)c2)nn1. The Morgan fingerprint density at radius 2 is 2.15 bits per heavy atom. The molecule has 2 aromatic rings. The van der Waals surface area contributed by atoms with Gasteiger partial charge < -0.3 is 5.32 Å². The van der Waals surface area contributed by atoms with Gasteiger partial charge in [0.25, 0.3) is 0 Å². The monoisotopic (exact) mass is 289 g/mol. The van der Waals surface area contributed by atoms with E-state index >= 15 is 0 Å². The van der Waals surface area contributed by atoms with Gasteiger partial charge in [0.05, 0.1) is 28.9 Å². The molecule has 0 amide bonds. The Balaban J connectivity index is 2.04. The Hall–Kier alpha value is -2.06. The molecule has 0 aliphatic carbocycles. The van der Waals surface area contributed by atoms with E-state index in [1.165, 1.54) is 0 Å². The van der Waals surface area contributed by atoms with Crippen molar-refractivity contribution in [2.75, 3.05) is 5.32 Å². The molecule has 0 fully saturated rings. The molecule has 6 heteroatoms. The Morgan fingerprint density at radius 1 is 1.40 bits per heavy atom. The lowest BCUT2D eigenvalue weighted by atomic mass is 10.1. The fourth-order valence-electron chi connectivity index (χ4n) is 1.62. The number of rotatable bonds is 3. The van der Waals surface area contributed by atoms with E-state index in [-0.39, 0.29) is 5.54 Å². The van der Waals surface area contributed by atoms with E-state index in [4.69, 9.17) is 16.9 Å². The van der Waals surface area contributed by atoms with Crippen molar-refractivity contribution in [3.8, 4) is 6.07 Å². The van der Waals surface area contributed by atoms with Crippen molar-refractivity contribution in [3.05, 3.63) is 40.7 Å². The van der Waals surface area contributed by atoms with Gasteiger partial charge in [0.15, 0.2) is 0 Å². The first-order valence-electron chi connectivity index (χ1n) is 6.25. The minimum absolute atomic E-state index is 0.0804. The zero-order valence-corrected chi connectivity index (χ0v) is 12.4. The summed E-state index contributed by atoms with van der Waals surface area (Å²) in [5.74, 6) is 0. The summed E-state index contributed by atoms with van der Waals surface area (Å²) < 4.78 is 1.83. The van der Waals surface area contributed by atoms with Crippen LogP contribution in [-0.4, -0.2) is 15.0 Å². The molecule has 0 saturated carbocycles. The van der Waals surface area contributed by atoms with Crippen LogP contribution in [0.3, 0.4) is 0 Å². The molecule has 0 radical (unpaired) electrons. The summed E-state index contributed by atoms with van der Waals surface area (Å²) in [5.41, 5.74) is 2.08. The highest BCUT2D eigenvalue weighted by atomic mass is 35.5. The summed E-state index contributed by atoms with van der Waals surface area (Å²) in [4.78, 5) is 0. The van der Waals surface area contributed by atoms with Gasteiger partial charge in [-0.25, -0.2) is 4.68 Å². The van der Waals surface area contributed by atoms with Crippen LogP contribution >= 0.6 is 11.6 Å². The number of halogens is 1. The zero-order valence-electron chi connectivity index (χ0n) is 11.7. The molecule has 1 N–H and O–H groups in total. The van der Waals surface area contributed by atoms with E-state index in [2.05, 4.69) is 36.4 Å². The van der Waals surface area contributed by atoms with E-state index in [0.717, 1.165) is 11.4 Å². The van der Waals surface area contributed by atoms with Crippen LogP contribution in [0.1, 0.15) is 32.0 Å².